The van der Waals surface area contributed by atoms with E-state index in [1.165, 1.54) is 19.2 Å². The summed E-state index contributed by atoms with van der Waals surface area (Å²) in [5.74, 6) is 1.97. The SMILES string of the molecule is Cc1cc(C)cc(Oc2ncnc(N3CCCCC3C)c2N)c1. The lowest BCUT2D eigenvalue weighted by atomic mass is 10.0. The second kappa shape index (κ2) is 6.44. The van der Waals surface area contributed by atoms with Crippen LogP contribution in [0.25, 0.3) is 0 Å². The van der Waals surface area contributed by atoms with Gasteiger partial charge in [-0.05, 0) is 63.3 Å². The van der Waals surface area contributed by atoms with Gasteiger partial charge in [0.15, 0.2) is 5.82 Å². The number of rotatable bonds is 3. The van der Waals surface area contributed by atoms with Crippen LogP contribution in [-0.4, -0.2) is 22.6 Å². The molecular weight excluding hydrogens is 288 g/mol. The van der Waals surface area contributed by atoms with E-state index in [2.05, 4.69) is 27.9 Å². The van der Waals surface area contributed by atoms with Gasteiger partial charge in [-0.3, -0.25) is 0 Å². The van der Waals surface area contributed by atoms with Gasteiger partial charge in [0.25, 0.3) is 0 Å². The minimum Gasteiger partial charge on any atom is -0.437 e. The lowest BCUT2D eigenvalue weighted by molar-refractivity contribution is 0.458. The molecule has 5 nitrogen and oxygen atoms in total. The molecule has 23 heavy (non-hydrogen) atoms. The third-order valence-corrected chi connectivity index (χ3v) is 4.31. The molecule has 2 heterocycles. The first-order valence-electron chi connectivity index (χ1n) is 8.18. The van der Waals surface area contributed by atoms with Gasteiger partial charge in [0, 0.05) is 12.6 Å². The highest BCUT2D eigenvalue weighted by Crippen LogP contribution is 2.34. The molecule has 0 spiro atoms. The smallest absolute Gasteiger partial charge is 0.248 e. The van der Waals surface area contributed by atoms with Crippen molar-refractivity contribution in [2.24, 2.45) is 0 Å². The van der Waals surface area contributed by atoms with Gasteiger partial charge in [-0.1, -0.05) is 6.07 Å². The Kier molecular flexibility index (Phi) is 4.37. The molecule has 0 bridgehead atoms. The molecule has 122 valence electrons. The molecule has 1 aliphatic rings. The Morgan fingerprint density at radius 1 is 1.13 bits per heavy atom. The topological polar surface area (TPSA) is 64.3 Å². The highest BCUT2D eigenvalue weighted by Gasteiger charge is 2.23. The molecule has 1 saturated heterocycles. The Balaban J connectivity index is 1.90. The van der Waals surface area contributed by atoms with Crippen LogP contribution in [0.3, 0.4) is 0 Å². The van der Waals surface area contributed by atoms with Crippen LogP contribution in [0.5, 0.6) is 11.6 Å². The predicted octanol–water partition coefficient (Wildman–Crippen LogP) is 3.85. The summed E-state index contributed by atoms with van der Waals surface area (Å²) in [7, 11) is 0. The number of anilines is 2. The molecule has 3 rings (SSSR count). The monoisotopic (exact) mass is 312 g/mol. The summed E-state index contributed by atoms with van der Waals surface area (Å²) in [6, 6.07) is 6.52. The number of nitrogen functional groups attached to an aromatic ring is 1. The van der Waals surface area contributed by atoms with E-state index >= 15 is 0 Å². The van der Waals surface area contributed by atoms with E-state index in [-0.39, 0.29) is 0 Å². The molecule has 1 unspecified atom stereocenters. The third kappa shape index (κ3) is 3.38. The van der Waals surface area contributed by atoms with E-state index in [9.17, 15) is 0 Å². The van der Waals surface area contributed by atoms with Gasteiger partial charge < -0.3 is 15.4 Å². The fraction of sp³-hybridized carbons (Fsp3) is 0.444. The summed E-state index contributed by atoms with van der Waals surface area (Å²) in [5, 5.41) is 0. The van der Waals surface area contributed by atoms with Crippen LogP contribution in [0.15, 0.2) is 24.5 Å². The van der Waals surface area contributed by atoms with Crippen molar-refractivity contribution in [3.05, 3.63) is 35.7 Å². The molecule has 2 N–H and O–H groups in total. The van der Waals surface area contributed by atoms with Crippen molar-refractivity contribution < 1.29 is 4.74 Å². The Hall–Kier alpha value is -2.30. The minimum absolute atomic E-state index is 0.428. The van der Waals surface area contributed by atoms with Crippen LogP contribution < -0.4 is 15.4 Å². The first-order chi connectivity index (χ1) is 11.0. The van der Waals surface area contributed by atoms with E-state index in [0.717, 1.165) is 35.7 Å². The van der Waals surface area contributed by atoms with Gasteiger partial charge in [0.2, 0.25) is 5.88 Å². The molecule has 0 radical (unpaired) electrons. The first-order valence-corrected chi connectivity index (χ1v) is 8.18. The molecule has 1 aliphatic heterocycles. The third-order valence-electron chi connectivity index (χ3n) is 4.31. The zero-order valence-electron chi connectivity index (χ0n) is 14.0. The zero-order chi connectivity index (χ0) is 16.4. The maximum Gasteiger partial charge on any atom is 0.248 e. The summed E-state index contributed by atoms with van der Waals surface area (Å²) >= 11 is 0. The van der Waals surface area contributed by atoms with Crippen LogP contribution in [0, 0.1) is 13.8 Å². The number of nitrogens with two attached hydrogens (primary N) is 1. The average molecular weight is 312 g/mol. The largest absolute Gasteiger partial charge is 0.437 e. The van der Waals surface area contributed by atoms with E-state index in [1.54, 1.807) is 0 Å². The Labute approximate surface area is 137 Å². The van der Waals surface area contributed by atoms with Gasteiger partial charge in [0.05, 0.1) is 0 Å². The fourth-order valence-corrected chi connectivity index (χ4v) is 3.20. The van der Waals surface area contributed by atoms with E-state index in [4.69, 9.17) is 10.5 Å². The van der Waals surface area contributed by atoms with E-state index in [1.807, 2.05) is 26.0 Å². The predicted molar refractivity (Wildman–Crippen MR) is 93.1 cm³/mol. The molecule has 1 aromatic carbocycles. The summed E-state index contributed by atoms with van der Waals surface area (Å²) in [5.41, 5.74) is 9.12. The van der Waals surface area contributed by atoms with Crippen molar-refractivity contribution in [1.29, 1.82) is 0 Å². The maximum absolute atomic E-state index is 6.31. The zero-order valence-corrected chi connectivity index (χ0v) is 14.0. The van der Waals surface area contributed by atoms with Crippen LogP contribution in [-0.2, 0) is 0 Å². The van der Waals surface area contributed by atoms with Crippen LogP contribution in [0.2, 0.25) is 0 Å². The fourth-order valence-electron chi connectivity index (χ4n) is 3.20. The molecule has 0 saturated carbocycles. The van der Waals surface area contributed by atoms with Crippen molar-refractivity contribution in [3.8, 4) is 11.6 Å². The van der Waals surface area contributed by atoms with Crippen molar-refractivity contribution in [3.63, 3.8) is 0 Å². The molecule has 1 aromatic heterocycles. The number of aryl methyl sites for hydroxylation is 2. The molecule has 1 fully saturated rings. The van der Waals surface area contributed by atoms with E-state index in [0.29, 0.717) is 17.6 Å². The average Bonchev–Trinajstić information content (AvgIpc) is 2.49. The minimum atomic E-state index is 0.428. The Morgan fingerprint density at radius 2 is 1.87 bits per heavy atom. The second-order valence-electron chi connectivity index (χ2n) is 6.38. The van der Waals surface area contributed by atoms with Crippen molar-refractivity contribution in [2.45, 2.75) is 46.1 Å². The van der Waals surface area contributed by atoms with Gasteiger partial charge >= 0.3 is 0 Å². The second-order valence-corrected chi connectivity index (χ2v) is 6.38. The van der Waals surface area contributed by atoms with Crippen molar-refractivity contribution in [1.82, 2.24) is 9.97 Å². The van der Waals surface area contributed by atoms with Crippen LogP contribution in [0.4, 0.5) is 11.5 Å². The lowest BCUT2D eigenvalue weighted by Crippen LogP contribution is -2.38. The van der Waals surface area contributed by atoms with Crippen molar-refractivity contribution >= 4 is 11.5 Å². The number of piperidine rings is 1. The number of hydrogen-bond acceptors (Lipinski definition) is 5. The number of nitrogens with zero attached hydrogens (tertiary/aromatic N) is 3. The Bertz CT molecular complexity index is 681. The highest BCUT2D eigenvalue weighted by atomic mass is 16.5. The lowest BCUT2D eigenvalue weighted by Gasteiger charge is -2.35. The normalized spacial score (nSPS) is 18.0. The summed E-state index contributed by atoms with van der Waals surface area (Å²) in [6.45, 7) is 7.28. The van der Waals surface area contributed by atoms with Crippen LogP contribution in [0.1, 0.15) is 37.3 Å². The van der Waals surface area contributed by atoms with Gasteiger partial charge in [-0.15, -0.1) is 0 Å². The number of benzene rings is 1. The summed E-state index contributed by atoms with van der Waals surface area (Å²) < 4.78 is 5.93. The van der Waals surface area contributed by atoms with Gasteiger partial charge in [0.1, 0.15) is 17.8 Å². The van der Waals surface area contributed by atoms with Crippen LogP contribution >= 0.6 is 0 Å². The quantitative estimate of drug-likeness (QED) is 0.932. The highest BCUT2D eigenvalue weighted by molar-refractivity contribution is 5.68. The maximum atomic E-state index is 6.31. The molecule has 0 amide bonds. The number of aromatic nitrogens is 2. The first kappa shape index (κ1) is 15.6. The van der Waals surface area contributed by atoms with E-state index < -0.39 is 0 Å². The van der Waals surface area contributed by atoms with Gasteiger partial charge in [-0.2, -0.15) is 4.98 Å². The molecule has 0 aliphatic carbocycles. The standard InChI is InChI=1S/C18H24N4O/c1-12-8-13(2)10-15(9-12)23-18-16(19)17(20-11-21-18)22-7-5-4-6-14(22)3/h8-11,14H,4-7,19H2,1-3H3. The van der Waals surface area contributed by atoms with Gasteiger partial charge in [-0.25, -0.2) is 4.98 Å². The molecule has 5 heteroatoms. The van der Waals surface area contributed by atoms with Crippen molar-refractivity contribution in [2.75, 3.05) is 17.2 Å². The number of ether oxygens (including phenoxy) is 1. The molecule has 2 aromatic rings. The molecular formula is C18H24N4O. The molecule has 1 atom stereocenters. The number of hydrogen-bond donors (Lipinski definition) is 1. The summed E-state index contributed by atoms with van der Waals surface area (Å²) in [4.78, 5) is 10.9. The Morgan fingerprint density at radius 3 is 2.57 bits per heavy atom. The summed E-state index contributed by atoms with van der Waals surface area (Å²) in [6.07, 6.45) is 5.12.